The Labute approximate surface area is 228 Å². The van der Waals surface area contributed by atoms with Gasteiger partial charge in [-0.25, -0.2) is 0 Å². The van der Waals surface area contributed by atoms with Gasteiger partial charge in [0.15, 0.2) is 0 Å². The Morgan fingerprint density at radius 3 is 1.92 bits per heavy atom. The topological polar surface area (TPSA) is 142 Å². The summed E-state index contributed by atoms with van der Waals surface area (Å²) in [5, 5.41) is 8.51. The molecule has 222 valence electrons. The van der Waals surface area contributed by atoms with Crippen molar-refractivity contribution in [1.29, 1.82) is 0 Å². The third kappa shape index (κ3) is 9.79. The van der Waals surface area contributed by atoms with Gasteiger partial charge in [-0.05, 0) is 78.6 Å². The van der Waals surface area contributed by atoms with Crippen LogP contribution in [-0.4, -0.2) is 70.2 Å². The Kier molecular flexibility index (Phi) is 13.2. The number of hydrogen-bond acceptors (Lipinski definition) is 10. The van der Waals surface area contributed by atoms with E-state index in [4.69, 9.17) is 23.5 Å². The molecular weight excluding hydrogens is 516 g/mol. The summed E-state index contributed by atoms with van der Waals surface area (Å²) in [6.07, 6.45) is 3.46. The van der Waals surface area contributed by atoms with E-state index in [0.29, 0.717) is 25.2 Å². The summed E-state index contributed by atoms with van der Waals surface area (Å²) >= 11 is 0. The lowest BCUT2D eigenvalue weighted by Gasteiger charge is -2.39. The number of carbonyl (C=O) groups excluding carboxylic acids is 3. The molecule has 0 aromatic carbocycles. The highest BCUT2D eigenvalue weighted by Gasteiger charge is 2.49. The summed E-state index contributed by atoms with van der Waals surface area (Å²) in [5.41, 5.74) is -3.43. The first-order valence-corrected chi connectivity index (χ1v) is 15.0. The molecule has 1 N–H and O–H groups in total. The van der Waals surface area contributed by atoms with Crippen molar-refractivity contribution < 1.29 is 46.3 Å². The normalized spacial score (nSPS) is 21.6. The molecule has 0 spiro atoms. The Morgan fingerprint density at radius 2 is 1.39 bits per heavy atom. The quantitative estimate of drug-likeness (QED) is 0.127. The largest absolute Gasteiger partial charge is 0.469 e. The van der Waals surface area contributed by atoms with Crippen LogP contribution in [0.4, 0.5) is 0 Å². The highest BCUT2D eigenvalue weighted by Crippen LogP contribution is 2.45. The van der Waals surface area contributed by atoms with Gasteiger partial charge in [-0.2, -0.15) is 8.42 Å². The zero-order chi connectivity index (χ0) is 29.2. The maximum Gasteiger partial charge on any atom is 0.311 e. The van der Waals surface area contributed by atoms with Crippen molar-refractivity contribution in [3.63, 3.8) is 0 Å². The minimum absolute atomic E-state index is 0.00256. The minimum atomic E-state index is -3.74. The summed E-state index contributed by atoms with van der Waals surface area (Å²) in [6, 6.07) is 0. The first kappa shape index (κ1) is 34.3. The van der Waals surface area contributed by atoms with Crippen LogP contribution in [0, 0.1) is 22.2 Å². The van der Waals surface area contributed by atoms with Crippen LogP contribution in [-0.2, 0) is 42.9 Å². The number of methoxy groups -OCH3 is 1. The van der Waals surface area contributed by atoms with E-state index in [1.54, 1.807) is 34.6 Å². The van der Waals surface area contributed by atoms with E-state index >= 15 is 0 Å². The zero-order valence-corrected chi connectivity index (χ0v) is 25.0. The second-order valence-corrected chi connectivity index (χ2v) is 13.6. The Balaban J connectivity index is 2.92. The van der Waals surface area contributed by atoms with Gasteiger partial charge < -0.3 is 19.3 Å². The summed E-state index contributed by atoms with van der Waals surface area (Å²) in [7, 11) is -2.47. The van der Waals surface area contributed by atoms with E-state index in [1.807, 2.05) is 0 Å². The van der Waals surface area contributed by atoms with Crippen molar-refractivity contribution >= 4 is 28.0 Å². The van der Waals surface area contributed by atoms with Crippen LogP contribution in [0.2, 0.25) is 0 Å². The maximum absolute atomic E-state index is 13.2. The van der Waals surface area contributed by atoms with Gasteiger partial charge in [0.05, 0.1) is 35.2 Å². The number of rotatable bonds is 16. The molecule has 0 bridgehead atoms. The van der Waals surface area contributed by atoms with Crippen molar-refractivity contribution in [2.75, 3.05) is 33.5 Å². The molecule has 0 aromatic rings. The molecule has 1 rings (SSSR count). The standard InChI is InChI=1S/C27H48O10S/c1-8-26(5,23(30)36-16-17-37-38(32,33)21-12-10-20(2)11-13-21)19-27(6,24(31)35-15-9-14-28)18-25(3,4)22(29)34-7/h20-21,28H,8-19H2,1-7H3. The molecule has 2 atom stereocenters. The van der Waals surface area contributed by atoms with E-state index < -0.39 is 49.5 Å². The Morgan fingerprint density at radius 1 is 0.842 bits per heavy atom. The van der Waals surface area contributed by atoms with Crippen LogP contribution in [0.5, 0.6) is 0 Å². The second kappa shape index (κ2) is 14.6. The van der Waals surface area contributed by atoms with Gasteiger partial charge in [0.1, 0.15) is 13.2 Å². The average molecular weight is 565 g/mol. The monoisotopic (exact) mass is 564 g/mol. The fourth-order valence-electron chi connectivity index (χ4n) is 5.21. The summed E-state index contributed by atoms with van der Waals surface area (Å²) < 4.78 is 45.9. The molecule has 2 unspecified atom stereocenters. The van der Waals surface area contributed by atoms with Gasteiger partial charge >= 0.3 is 17.9 Å². The number of esters is 3. The molecule has 1 aliphatic rings. The molecule has 0 radical (unpaired) electrons. The predicted octanol–water partition coefficient (Wildman–Crippen LogP) is 3.78. The van der Waals surface area contributed by atoms with Gasteiger partial charge in [0.25, 0.3) is 10.1 Å². The molecule has 10 nitrogen and oxygen atoms in total. The predicted molar refractivity (Wildman–Crippen MR) is 141 cm³/mol. The molecular formula is C27H48O10S. The van der Waals surface area contributed by atoms with E-state index in [0.717, 1.165) is 12.8 Å². The van der Waals surface area contributed by atoms with Crippen molar-refractivity contribution in [2.24, 2.45) is 22.2 Å². The zero-order valence-electron chi connectivity index (χ0n) is 24.2. The molecule has 38 heavy (non-hydrogen) atoms. The van der Waals surface area contributed by atoms with Crippen molar-refractivity contribution in [2.45, 2.75) is 98.2 Å². The Bertz CT molecular complexity index is 892. The Hall–Kier alpha value is -1.72. The molecule has 1 aliphatic carbocycles. The van der Waals surface area contributed by atoms with Gasteiger partial charge in [-0.1, -0.05) is 13.8 Å². The van der Waals surface area contributed by atoms with Crippen molar-refractivity contribution in [3.8, 4) is 0 Å². The second-order valence-electron chi connectivity index (χ2n) is 11.7. The van der Waals surface area contributed by atoms with Crippen LogP contribution in [0.15, 0.2) is 0 Å². The molecule has 0 aliphatic heterocycles. The van der Waals surface area contributed by atoms with Gasteiger partial charge in [0.2, 0.25) is 0 Å². The summed E-state index contributed by atoms with van der Waals surface area (Å²) in [6.45, 7) is 9.84. The van der Waals surface area contributed by atoms with E-state index in [9.17, 15) is 22.8 Å². The third-order valence-corrected chi connectivity index (χ3v) is 9.37. The van der Waals surface area contributed by atoms with E-state index in [1.165, 1.54) is 7.11 Å². The fourth-order valence-corrected chi connectivity index (χ4v) is 6.55. The fraction of sp³-hybridized carbons (Fsp3) is 0.889. The van der Waals surface area contributed by atoms with Crippen molar-refractivity contribution in [3.05, 3.63) is 0 Å². The lowest BCUT2D eigenvalue weighted by molar-refractivity contribution is -0.168. The average Bonchev–Trinajstić information content (AvgIpc) is 2.85. The van der Waals surface area contributed by atoms with Gasteiger partial charge in [-0.3, -0.25) is 18.6 Å². The third-order valence-electron chi connectivity index (χ3n) is 7.59. The molecule has 0 amide bonds. The highest BCUT2D eigenvalue weighted by atomic mass is 32.2. The van der Waals surface area contributed by atoms with Gasteiger partial charge in [-0.15, -0.1) is 0 Å². The molecule has 0 saturated heterocycles. The van der Waals surface area contributed by atoms with Crippen LogP contribution in [0.25, 0.3) is 0 Å². The number of ether oxygens (including phenoxy) is 3. The van der Waals surface area contributed by atoms with Crippen LogP contribution < -0.4 is 0 Å². The first-order chi connectivity index (χ1) is 17.6. The number of aliphatic hydroxyl groups excluding tert-OH is 1. The molecule has 11 heteroatoms. The summed E-state index contributed by atoms with van der Waals surface area (Å²) in [5.74, 6) is -1.19. The number of carbonyl (C=O) groups is 3. The minimum Gasteiger partial charge on any atom is -0.469 e. The van der Waals surface area contributed by atoms with Gasteiger partial charge in [0, 0.05) is 13.0 Å². The lowest BCUT2D eigenvalue weighted by Crippen LogP contribution is -2.44. The molecule has 0 aromatic heterocycles. The van der Waals surface area contributed by atoms with Crippen LogP contribution in [0.3, 0.4) is 0 Å². The first-order valence-electron chi connectivity index (χ1n) is 13.5. The highest BCUT2D eigenvalue weighted by molar-refractivity contribution is 7.87. The SMILES string of the molecule is CCC(C)(CC(C)(CC(C)(C)C(=O)OC)C(=O)OCCCO)C(=O)OCCOS(=O)(=O)C1CCC(C)CC1. The van der Waals surface area contributed by atoms with Crippen molar-refractivity contribution in [1.82, 2.24) is 0 Å². The molecule has 1 fully saturated rings. The lowest BCUT2D eigenvalue weighted by atomic mass is 9.65. The van der Waals surface area contributed by atoms with E-state index in [-0.39, 0.29) is 45.7 Å². The molecule has 1 saturated carbocycles. The van der Waals surface area contributed by atoms with Crippen LogP contribution in [0.1, 0.15) is 92.9 Å². The number of aliphatic hydroxyl groups is 1. The smallest absolute Gasteiger partial charge is 0.311 e. The van der Waals surface area contributed by atoms with E-state index in [2.05, 4.69) is 6.92 Å². The van der Waals surface area contributed by atoms with Crippen LogP contribution >= 0.6 is 0 Å². The molecule has 0 heterocycles. The maximum atomic E-state index is 13.2. The number of hydrogen-bond donors (Lipinski definition) is 1. The summed E-state index contributed by atoms with van der Waals surface area (Å²) in [4.78, 5) is 38.7.